The molecule has 1 heteroatoms. The molecule has 0 saturated carbocycles. The van der Waals surface area contributed by atoms with Crippen LogP contribution in [-0.4, -0.2) is 0 Å². The third kappa shape index (κ3) is 5.95. The van der Waals surface area contributed by atoms with Crippen LogP contribution in [0.1, 0.15) is 22.3 Å². The first-order chi connectivity index (χ1) is 35.7. The van der Waals surface area contributed by atoms with Gasteiger partial charge in [-0.25, -0.2) is 0 Å². The summed E-state index contributed by atoms with van der Waals surface area (Å²) in [4.78, 5) is 2.54. The Morgan fingerprint density at radius 2 is 0.694 bits per heavy atom. The number of rotatable bonds is 6. The molecule has 0 bridgehead atoms. The molecule has 1 nitrogen and oxygen atoms in total. The molecule has 0 heterocycles. The highest BCUT2D eigenvalue weighted by molar-refractivity contribution is 6.26. The fourth-order valence-electron chi connectivity index (χ4n) is 12.7. The molecule has 15 rings (SSSR count). The van der Waals surface area contributed by atoms with E-state index in [4.69, 9.17) is 0 Å². The quantitative estimate of drug-likeness (QED) is 0.150. The summed E-state index contributed by atoms with van der Waals surface area (Å²) >= 11 is 0. The summed E-state index contributed by atoms with van der Waals surface area (Å²) in [7, 11) is 0. The van der Waals surface area contributed by atoms with E-state index in [1.54, 1.807) is 0 Å². The topological polar surface area (TPSA) is 3.24 Å². The van der Waals surface area contributed by atoms with E-state index in [1.165, 1.54) is 121 Å². The Balaban J connectivity index is 1.03. The number of anilines is 3. The van der Waals surface area contributed by atoms with Crippen LogP contribution in [0.2, 0.25) is 0 Å². The molecule has 0 aromatic heterocycles. The van der Waals surface area contributed by atoms with Gasteiger partial charge in [0.05, 0.1) is 11.1 Å². The van der Waals surface area contributed by atoms with E-state index in [-0.39, 0.29) is 0 Å². The van der Waals surface area contributed by atoms with Crippen molar-refractivity contribution >= 4 is 60.2 Å². The minimum Gasteiger partial charge on any atom is -0.310 e. The number of benzene rings is 13. The summed E-state index contributed by atoms with van der Waals surface area (Å²) in [6, 6.07) is 102. The Hall–Kier alpha value is -9.30. The zero-order valence-electron chi connectivity index (χ0n) is 39.4. The Morgan fingerprint density at radius 1 is 0.222 bits per heavy atom. The maximum absolute atomic E-state index is 2.57. The maximum atomic E-state index is 2.57. The van der Waals surface area contributed by atoms with Crippen molar-refractivity contribution in [2.45, 2.75) is 5.41 Å². The first-order valence-corrected chi connectivity index (χ1v) is 25.1. The van der Waals surface area contributed by atoms with Gasteiger partial charge in [0, 0.05) is 16.9 Å². The second kappa shape index (κ2) is 15.9. The molecule has 0 unspecified atom stereocenters. The van der Waals surface area contributed by atoms with Crippen molar-refractivity contribution < 1.29 is 0 Å². The van der Waals surface area contributed by atoms with Gasteiger partial charge in [0.15, 0.2) is 0 Å². The fourth-order valence-corrected chi connectivity index (χ4v) is 12.7. The van der Waals surface area contributed by atoms with Gasteiger partial charge in [0.1, 0.15) is 0 Å². The summed E-state index contributed by atoms with van der Waals surface area (Å²) in [6.07, 6.45) is 0. The van der Waals surface area contributed by atoms with Crippen LogP contribution >= 0.6 is 0 Å². The summed E-state index contributed by atoms with van der Waals surface area (Å²) in [5, 5.41) is 9.98. The Bertz CT molecular complexity index is 4250. The number of fused-ring (bicyclic) bond motifs is 17. The largest absolute Gasteiger partial charge is 0.310 e. The predicted octanol–water partition coefficient (Wildman–Crippen LogP) is 19.1. The zero-order chi connectivity index (χ0) is 47.3. The minimum atomic E-state index is -0.520. The Labute approximate surface area is 419 Å². The second-order valence-electron chi connectivity index (χ2n) is 19.5. The van der Waals surface area contributed by atoms with Crippen LogP contribution in [0.25, 0.3) is 98.7 Å². The van der Waals surface area contributed by atoms with Crippen LogP contribution in [0.15, 0.2) is 273 Å². The van der Waals surface area contributed by atoms with Crippen molar-refractivity contribution in [1.82, 2.24) is 0 Å². The molecule has 0 fully saturated rings. The molecule has 13 aromatic carbocycles. The third-order valence-corrected chi connectivity index (χ3v) is 15.8. The van der Waals surface area contributed by atoms with Crippen LogP contribution in [0.4, 0.5) is 17.1 Å². The van der Waals surface area contributed by atoms with E-state index in [2.05, 4.69) is 278 Å². The molecule has 0 aliphatic heterocycles. The highest BCUT2D eigenvalue weighted by Gasteiger charge is 2.52. The fraction of sp³-hybridized carbons (Fsp3) is 0.0141. The molecule has 0 amide bonds. The van der Waals surface area contributed by atoms with E-state index in [9.17, 15) is 0 Å². The van der Waals surface area contributed by atoms with Crippen molar-refractivity contribution in [2.75, 3.05) is 4.90 Å². The summed E-state index contributed by atoms with van der Waals surface area (Å²) in [6.45, 7) is 0. The van der Waals surface area contributed by atoms with Gasteiger partial charge >= 0.3 is 0 Å². The lowest BCUT2D eigenvalue weighted by molar-refractivity contribution is 0.794. The molecular formula is C71H45N. The summed E-state index contributed by atoms with van der Waals surface area (Å²) in [5.74, 6) is 0. The van der Waals surface area contributed by atoms with E-state index in [0.29, 0.717) is 0 Å². The lowest BCUT2D eigenvalue weighted by atomic mass is 9.70. The number of hydrogen-bond acceptors (Lipinski definition) is 1. The molecule has 0 N–H and O–H groups in total. The van der Waals surface area contributed by atoms with Crippen LogP contribution in [-0.2, 0) is 5.41 Å². The van der Waals surface area contributed by atoms with Gasteiger partial charge < -0.3 is 4.90 Å². The first-order valence-electron chi connectivity index (χ1n) is 25.1. The summed E-state index contributed by atoms with van der Waals surface area (Å²) in [5.41, 5.74) is 20.4. The smallest absolute Gasteiger partial charge is 0.0726 e. The Kier molecular flexibility index (Phi) is 8.94. The average Bonchev–Trinajstić information content (AvgIpc) is 3.92. The van der Waals surface area contributed by atoms with Gasteiger partial charge in [0.2, 0.25) is 0 Å². The predicted molar refractivity (Wildman–Crippen MR) is 304 cm³/mol. The van der Waals surface area contributed by atoms with E-state index in [1.807, 2.05) is 0 Å². The first kappa shape index (κ1) is 40.6. The maximum Gasteiger partial charge on any atom is 0.0726 e. The van der Waals surface area contributed by atoms with Crippen molar-refractivity contribution in [3.05, 3.63) is 295 Å². The number of hydrogen-bond donors (Lipinski definition) is 0. The van der Waals surface area contributed by atoms with Crippen molar-refractivity contribution in [1.29, 1.82) is 0 Å². The molecule has 1 spiro atoms. The monoisotopic (exact) mass is 911 g/mol. The van der Waals surface area contributed by atoms with Gasteiger partial charge in [-0.05, 0) is 164 Å². The van der Waals surface area contributed by atoms with Crippen molar-refractivity contribution in [2.24, 2.45) is 0 Å². The van der Waals surface area contributed by atoms with Gasteiger partial charge in [-0.3, -0.25) is 0 Å². The lowest BCUT2D eigenvalue weighted by Crippen LogP contribution is -2.26. The standard InChI is InChI=1S/C71H45N/c1-2-17-46(18-3-1)50-21-16-22-51(41-50)48-35-37-53(38-36-48)72(54-39-40-59-57-25-7-6-23-55(57)56-24-8-9-26-58(56)64(59)43-54)70-45-69-65(44-63(70)52-34-33-47-19-4-5-20-49(47)42-52)62-29-12-15-32-68(62)71(69)66-30-13-10-27-60(66)61-28-11-14-31-67(61)71/h1-45H. The molecule has 13 aromatic rings. The second-order valence-corrected chi connectivity index (χ2v) is 19.5. The van der Waals surface area contributed by atoms with E-state index in [0.717, 1.165) is 17.1 Å². The average molecular weight is 912 g/mol. The van der Waals surface area contributed by atoms with Crippen molar-refractivity contribution in [3.8, 4) is 55.6 Å². The molecule has 334 valence electrons. The summed E-state index contributed by atoms with van der Waals surface area (Å²) < 4.78 is 0. The van der Waals surface area contributed by atoms with Crippen molar-refractivity contribution in [3.63, 3.8) is 0 Å². The van der Waals surface area contributed by atoms with Gasteiger partial charge in [-0.2, -0.15) is 0 Å². The van der Waals surface area contributed by atoms with Crippen LogP contribution in [0.5, 0.6) is 0 Å². The Morgan fingerprint density at radius 3 is 1.33 bits per heavy atom. The molecule has 2 aliphatic carbocycles. The third-order valence-electron chi connectivity index (χ3n) is 15.8. The molecule has 2 aliphatic rings. The van der Waals surface area contributed by atoms with E-state index >= 15 is 0 Å². The lowest BCUT2D eigenvalue weighted by Gasteiger charge is -2.33. The van der Waals surface area contributed by atoms with Crippen LogP contribution < -0.4 is 4.90 Å². The SMILES string of the molecule is c1ccc(-c2cccc(-c3ccc(N(c4ccc5c6ccccc6c6ccccc6c5c4)c4cc5c(cc4-c4ccc6ccccc6c4)-c4ccccc4C54c5ccccc5-c5ccccc54)cc3)c2)cc1. The van der Waals surface area contributed by atoms with Crippen LogP contribution in [0.3, 0.4) is 0 Å². The molecule has 0 radical (unpaired) electrons. The minimum absolute atomic E-state index is 0.520. The van der Waals surface area contributed by atoms with Crippen LogP contribution in [0, 0.1) is 0 Å². The normalized spacial score (nSPS) is 12.8. The molecule has 0 saturated heterocycles. The molecule has 72 heavy (non-hydrogen) atoms. The zero-order valence-corrected chi connectivity index (χ0v) is 39.4. The van der Waals surface area contributed by atoms with Gasteiger partial charge in [0.25, 0.3) is 0 Å². The van der Waals surface area contributed by atoms with Gasteiger partial charge in [-0.1, -0.05) is 224 Å². The molecular weight excluding hydrogens is 867 g/mol. The van der Waals surface area contributed by atoms with Gasteiger partial charge in [-0.15, -0.1) is 0 Å². The molecule has 0 atom stereocenters. The highest BCUT2D eigenvalue weighted by Crippen LogP contribution is 2.64. The highest BCUT2D eigenvalue weighted by atomic mass is 15.1. The number of nitrogens with zero attached hydrogens (tertiary/aromatic N) is 1. The van der Waals surface area contributed by atoms with E-state index < -0.39 is 5.41 Å².